The first kappa shape index (κ1) is 8.67. The van der Waals surface area contributed by atoms with Gasteiger partial charge in [-0.3, -0.25) is 10.1 Å². The third-order valence-electron chi connectivity index (χ3n) is 1.52. The van der Waals surface area contributed by atoms with E-state index in [-0.39, 0.29) is 5.69 Å². The number of aliphatic hydroxyl groups excluding tert-OH is 1. The predicted molar refractivity (Wildman–Crippen MR) is 42.6 cm³/mol. The fourth-order valence-corrected chi connectivity index (χ4v) is 0.945. The first-order chi connectivity index (χ1) is 5.63. The summed E-state index contributed by atoms with van der Waals surface area (Å²) in [6, 6.07) is 6.86. The summed E-state index contributed by atoms with van der Waals surface area (Å²) in [6.07, 6.45) is -0.819. The van der Waals surface area contributed by atoms with Crippen molar-refractivity contribution >= 4 is 5.69 Å². The quantitative estimate of drug-likeness (QED) is 0.534. The SMILES string of the molecule is CC(O)c1cc[c]cc1[N+](=O)[O-]. The summed E-state index contributed by atoms with van der Waals surface area (Å²) in [5.41, 5.74) is 0.228. The molecule has 1 radical (unpaired) electrons. The average molecular weight is 166 g/mol. The highest BCUT2D eigenvalue weighted by molar-refractivity contribution is 5.40. The van der Waals surface area contributed by atoms with Gasteiger partial charge in [0.1, 0.15) is 0 Å². The molecule has 1 N–H and O–H groups in total. The molecule has 0 amide bonds. The van der Waals surface area contributed by atoms with Gasteiger partial charge in [-0.2, -0.15) is 0 Å². The van der Waals surface area contributed by atoms with E-state index < -0.39 is 11.0 Å². The van der Waals surface area contributed by atoms with Crippen molar-refractivity contribution in [2.45, 2.75) is 13.0 Å². The molecule has 1 aromatic carbocycles. The molecule has 0 saturated carbocycles. The maximum atomic E-state index is 10.4. The molecule has 0 bridgehead atoms. The maximum Gasteiger partial charge on any atom is 0.275 e. The molecule has 63 valence electrons. The Hall–Kier alpha value is -1.42. The third-order valence-corrected chi connectivity index (χ3v) is 1.52. The van der Waals surface area contributed by atoms with Gasteiger partial charge in [-0.05, 0) is 19.1 Å². The van der Waals surface area contributed by atoms with E-state index in [1.54, 1.807) is 0 Å². The molecule has 4 heteroatoms. The number of nitro groups is 1. The lowest BCUT2D eigenvalue weighted by Gasteiger charge is -2.03. The van der Waals surface area contributed by atoms with Gasteiger partial charge in [0, 0.05) is 6.07 Å². The molecule has 4 nitrogen and oxygen atoms in total. The van der Waals surface area contributed by atoms with Crippen molar-refractivity contribution in [3.05, 3.63) is 39.9 Å². The summed E-state index contributed by atoms with van der Waals surface area (Å²) in [6.45, 7) is 1.49. The third kappa shape index (κ3) is 1.60. The summed E-state index contributed by atoms with van der Waals surface area (Å²) in [5.74, 6) is 0. The van der Waals surface area contributed by atoms with Gasteiger partial charge in [0.15, 0.2) is 0 Å². The van der Waals surface area contributed by atoms with Crippen molar-refractivity contribution in [1.82, 2.24) is 0 Å². The second-order valence-corrected chi connectivity index (χ2v) is 2.42. The maximum absolute atomic E-state index is 10.4. The Morgan fingerprint density at radius 3 is 2.83 bits per heavy atom. The highest BCUT2D eigenvalue weighted by Crippen LogP contribution is 2.23. The number of hydrogen-bond donors (Lipinski definition) is 1. The van der Waals surface area contributed by atoms with E-state index in [9.17, 15) is 10.1 Å². The van der Waals surface area contributed by atoms with Gasteiger partial charge in [-0.25, -0.2) is 0 Å². The van der Waals surface area contributed by atoms with Gasteiger partial charge in [0.05, 0.1) is 16.6 Å². The molecule has 0 spiro atoms. The van der Waals surface area contributed by atoms with E-state index >= 15 is 0 Å². The summed E-state index contributed by atoms with van der Waals surface area (Å²) in [4.78, 5) is 9.87. The Kier molecular flexibility index (Phi) is 2.40. The Morgan fingerprint density at radius 1 is 1.75 bits per heavy atom. The topological polar surface area (TPSA) is 63.4 Å². The number of hydrogen-bond acceptors (Lipinski definition) is 3. The minimum absolute atomic E-state index is 0.0903. The molecule has 0 saturated heterocycles. The zero-order valence-corrected chi connectivity index (χ0v) is 6.52. The fraction of sp³-hybridized carbons (Fsp3) is 0.250. The Morgan fingerprint density at radius 2 is 2.42 bits per heavy atom. The zero-order chi connectivity index (χ0) is 9.14. The lowest BCUT2D eigenvalue weighted by molar-refractivity contribution is -0.386. The minimum atomic E-state index is -0.819. The number of aliphatic hydroxyl groups is 1. The fourth-order valence-electron chi connectivity index (χ4n) is 0.945. The molecule has 0 aliphatic carbocycles. The van der Waals surface area contributed by atoms with E-state index in [0.717, 1.165) is 0 Å². The molecule has 0 aliphatic heterocycles. The van der Waals surface area contributed by atoms with E-state index in [2.05, 4.69) is 6.07 Å². The van der Waals surface area contributed by atoms with Gasteiger partial charge < -0.3 is 5.11 Å². The van der Waals surface area contributed by atoms with E-state index in [1.807, 2.05) is 0 Å². The molecule has 0 heterocycles. The molecule has 0 aliphatic rings. The van der Waals surface area contributed by atoms with Crippen LogP contribution < -0.4 is 0 Å². The lowest BCUT2D eigenvalue weighted by Crippen LogP contribution is -1.98. The molecular weight excluding hydrogens is 158 g/mol. The molecule has 1 aromatic rings. The van der Waals surface area contributed by atoms with Crippen LogP contribution in [0, 0.1) is 16.2 Å². The number of nitro benzene ring substituents is 1. The molecule has 1 rings (SSSR count). The average Bonchev–Trinajstić information content (AvgIpc) is 2.04. The number of benzene rings is 1. The number of nitrogens with zero attached hydrogens (tertiary/aromatic N) is 1. The normalized spacial score (nSPS) is 12.5. The number of rotatable bonds is 2. The van der Waals surface area contributed by atoms with Crippen LogP contribution in [-0.2, 0) is 0 Å². The Bertz CT molecular complexity index is 296. The standard InChI is InChI=1S/C8H8NO3/c1-6(10)7-4-2-3-5-8(7)9(11)12/h2,4-6,10H,1H3. The van der Waals surface area contributed by atoms with Crippen LogP contribution in [0.1, 0.15) is 18.6 Å². The van der Waals surface area contributed by atoms with Crippen molar-refractivity contribution in [2.24, 2.45) is 0 Å². The van der Waals surface area contributed by atoms with Crippen molar-refractivity contribution in [3.63, 3.8) is 0 Å². The lowest BCUT2D eigenvalue weighted by atomic mass is 10.1. The molecule has 12 heavy (non-hydrogen) atoms. The summed E-state index contributed by atoms with van der Waals surface area (Å²) in [7, 11) is 0. The van der Waals surface area contributed by atoms with Crippen molar-refractivity contribution < 1.29 is 10.0 Å². The van der Waals surface area contributed by atoms with E-state index in [1.165, 1.54) is 25.1 Å². The van der Waals surface area contributed by atoms with Crippen molar-refractivity contribution in [2.75, 3.05) is 0 Å². The minimum Gasteiger partial charge on any atom is -0.388 e. The van der Waals surface area contributed by atoms with Crippen LogP contribution in [0.2, 0.25) is 0 Å². The first-order valence-electron chi connectivity index (χ1n) is 3.45. The van der Waals surface area contributed by atoms with E-state index in [0.29, 0.717) is 5.56 Å². The second kappa shape index (κ2) is 3.32. The van der Waals surface area contributed by atoms with Gasteiger partial charge in [-0.1, -0.05) is 6.07 Å². The van der Waals surface area contributed by atoms with Crippen LogP contribution in [-0.4, -0.2) is 10.0 Å². The van der Waals surface area contributed by atoms with Crippen LogP contribution in [0.5, 0.6) is 0 Å². The molecular formula is C8H8NO3. The molecule has 1 unspecified atom stereocenters. The summed E-state index contributed by atoms with van der Waals surface area (Å²) >= 11 is 0. The second-order valence-electron chi connectivity index (χ2n) is 2.42. The van der Waals surface area contributed by atoms with Crippen LogP contribution >= 0.6 is 0 Å². The van der Waals surface area contributed by atoms with Crippen LogP contribution in [0.4, 0.5) is 5.69 Å². The van der Waals surface area contributed by atoms with Crippen molar-refractivity contribution in [1.29, 1.82) is 0 Å². The van der Waals surface area contributed by atoms with Gasteiger partial charge in [-0.15, -0.1) is 0 Å². The van der Waals surface area contributed by atoms with Gasteiger partial charge in [0.25, 0.3) is 5.69 Å². The summed E-state index contributed by atoms with van der Waals surface area (Å²) in [5, 5.41) is 19.5. The van der Waals surface area contributed by atoms with Crippen LogP contribution in [0.25, 0.3) is 0 Å². The predicted octanol–water partition coefficient (Wildman–Crippen LogP) is 1.45. The smallest absolute Gasteiger partial charge is 0.275 e. The van der Waals surface area contributed by atoms with Crippen molar-refractivity contribution in [3.8, 4) is 0 Å². The first-order valence-corrected chi connectivity index (χ1v) is 3.45. The summed E-state index contributed by atoms with van der Waals surface area (Å²) < 4.78 is 0. The Labute approximate surface area is 69.6 Å². The Balaban J connectivity index is 3.17. The van der Waals surface area contributed by atoms with Gasteiger partial charge >= 0.3 is 0 Å². The molecule has 0 fully saturated rings. The highest BCUT2D eigenvalue weighted by Gasteiger charge is 2.15. The zero-order valence-electron chi connectivity index (χ0n) is 6.52. The molecule has 1 atom stereocenters. The van der Waals surface area contributed by atoms with Crippen LogP contribution in [0.3, 0.4) is 0 Å². The largest absolute Gasteiger partial charge is 0.388 e. The highest BCUT2D eigenvalue weighted by atomic mass is 16.6. The van der Waals surface area contributed by atoms with Crippen LogP contribution in [0.15, 0.2) is 18.2 Å². The van der Waals surface area contributed by atoms with Gasteiger partial charge in [0.2, 0.25) is 0 Å². The van der Waals surface area contributed by atoms with E-state index in [4.69, 9.17) is 5.11 Å². The monoisotopic (exact) mass is 166 g/mol. The molecule has 0 aromatic heterocycles.